The first-order chi connectivity index (χ1) is 23.3. The summed E-state index contributed by atoms with van der Waals surface area (Å²) in [5.74, 6) is 1.90. The zero-order chi connectivity index (χ0) is 34.3. The SMILES string of the molecule is COCCCOc1cc(COC2CN(C(=O)O)CCC2c2ccc(OCCCOCc3ccccc3OC)cc2)ccc1C(=O)N(C)C. The van der Waals surface area contributed by atoms with Crippen LogP contribution in [0.5, 0.6) is 17.2 Å². The number of para-hydroxylation sites is 1. The molecule has 260 valence electrons. The van der Waals surface area contributed by atoms with Crippen molar-refractivity contribution in [1.82, 2.24) is 9.80 Å². The van der Waals surface area contributed by atoms with Crippen molar-refractivity contribution in [3.63, 3.8) is 0 Å². The van der Waals surface area contributed by atoms with Gasteiger partial charge in [-0.25, -0.2) is 4.79 Å². The number of carbonyl (C=O) groups is 2. The number of piperidine rings is 1. The number of hydrogen-bond acceptors (Lipinski definition) is 8. The van der Waals surface area contributed by atoms with Crippen LogP contribution in [0, 0.1) is 0 Å². The van der Waals surface area contributed by atoms with Gasteiger partial charge in [0.2, 0.25) is 0 Å². The van der Waals surface area contributed by atoms with Crippen LogP contribution in [0.1, 0.15) is 52.2 Å². The van der Waals surface area contributed by atoms with Crippen LogP contribution in [0.4, 0.5) is 4.79 Å². The standard InChI is InChI=1S/C37H48N2O9/c1-38(2)36(40)32-16-11-27(23-34(32)47-22-7-19-43-3)25-48-35-24-39(37(41)42)18-17-31(35)28-12-14-30(15-13-28)46-21-8-20-45-26-29-9-5-6-10-33(29)44-4/h5-6,9-16,23,31,35H,7-8,17-22,24-26H2,1-4H3,(H,41,42). The number of carboxylic acid groups (broad SMARTS) is 1. The predicted molar refractivity (Wildman–Crippen MR) is 181 cm³/mol. The van der Waals surface area contributed by atoms with E-state index in [1.54, 1.807) is 34.4 Å². The van der Waals surface area contributed by atoms with Gasteiger partial charge in [-0.15, -0.1) is 0 Å². The van der Waals surface area contributed by atoms with E-state index in [1.807, 2.05) is 60.7 Å². The maximum Gasteiger partial charge on any atom is 0.407 e. The number of rotatable bonds is 18. The largest absolute Gasteiger partial charge is 0.496 e. The maximum atomic E-state index is 12.8. The molecule has 2 unspecified atom stereocenters. The first-order valence-electron chi connectivity index (χ1n) is 16.3. The number of carbonyl (C=O) groups excluding carboxylic acids is 1. The molecule has 2 amide bonds. The van der Waals surface area contributed by atoms with E-state index in [0.717, 1.165) is 34.6 Å². The minimum absolute atomic E-state index is 0.00242. The molecule has 1 N–H and O–H groups in total. The average molecular weight is 665 g/mol. The molecule has 2 atom stereocenters. The third-order valence-corrected chi connectivity index (χ3v) is 8.19. The molecule has 1 fully saturated rings. The quantitative estimate of drug-likeness (QED) is 0.167. The van der Waals surface area contributed by atoms with Crippen LogP contribution in [0.2, 0.25) is 0 Å². The number of methoxy groups -OCH3 is 2. The molecule has 1 aliphatic rings. The molecule has 11 heteroatoms. The Labute approximate surface area is 283 Å². The van der Waals surface area contributed by atoms with Crippen molar-refractivity contribution in [3.8, 4) is 17.2 Å². The number of benzene rings is 3. The summed E-state index contributed by atoms with van der Waals surface area (Å²) in [5, 5.41) is 9.71. The number of likely N-dealkylation sites (tertiary alicyclic amines) is 1. The molecule has 0 radical (unpaired) electrons. The van der Waals surface area contributed by atoms with Gasteiger partial charge in [-0.05, 0) is 47.9 Å². The van der Waals surface area contributed by atoms with Gasteiger partial charge in [-0.3, -0.25) is 4.79 Å². The lowest BCUT2D eigenvalue weighted by atomic mass is 9.87. The molecule has 0 aliphatic carbocycles. The first kappa shape index (κ1) is 36.5. The number of ether oxygens (including phenoxy) is 6. The van der Waals surface area contributed by atoms with Gasteiger partial charge in [-0.1, -0.05) is 36.4 Å². The van der Waals surface area contributed by atoms with E-state index in [1.165, 1.54) is 9.80 Å². The Morgan fingerprint density at radius 2 is 1.62 bits per heavy atom. The van der Waals surface area contributed by atoms with Crippen molar-refractivity contribution in [3.05, 3.63) is 89.0 Å². The van der Waals surface area contributed by atoms with E-state index >= 15 is 0 Å². The molecule has 1 heterocycles. The fourth-order valence-corrected chi connectivity index (χ4v) is 5.59. The van der Waals surface area contributed by atoms with Gasteiger partial charge in [0.25, 0.3) is 5.91 Å². The Morgan fingerprint density at radius 1 is 0.875 bits per heavy atom. The molecule has 1 saturated heterocycles. The van der Waals surface area contributed by atoms with Gasteiger partial charge in [0.15, 0.2) is 0 Å². The van der Waals surface area contributed by atoms with Crippen molar-refractivity contribution in [1.29, 1.82) is 0 Å². The molecule has 0 spiro atoms. The fourth-order valence-electron chi connectivity index (χ4n) is 5.59. The maximum absolute atomic E-state index is 12.8. The third-order valence-electron chi connectivity index (χ3n) is 8.19. The molecule has 0 aromatic heterocycles. The summed E-state index contributed by atoms with van der Waals surface area (Å²) in [4.78, 5) is 27.5. The highest BCUT2D eigenvalue weighted by Crippen LogP contribution is 2.33. The summed E-state index contributed by atoms with van der Waals surface area (Å²) in [5.41, 5.74) is 3.37. The van der Waals surface area contributed by atoms with Crippen molar-refractivity contribution in [2.75, 3.05) is 67.8 Å². The lowest BCUT2D eigenvalue weighted by Gasteiger charge is -2.37. The summed E-state index contributed by atoms with van der Waals surface area (Å²) in [7, 11) is 6.69. The Kier molecular flexibility index (Phi) is 14.4. The smallest absolute Gasteiger partial charge is 0.407 e. The summed E-state index contributed by atoms with van der Waals surface area (Å²) >= 11 is 0. The summed E-state index contributed by atoms with van der Waals surface area (Å²) in [6.45, 7) is 3.43. The minimum Gasteiger partial charge on any atom is -0.496 e. The number of hydrogen-bond donors (Lipinski definition) is 1. The van der Waals surface area contributed by atoms with Crippen molar-refractivity contribution < 1.29 is 43.1 Å². The van der Waals surface area contributed by atoms with E-state index in [0.29, 0.717) is 63.7 Å². The Bertz CT molecular complexity index is 1450. The van der Waals surface area contributed by atoms with Gasteiger partial charge in [0.1, 0.15) is 17.2 Å². The van der Waals surface area contributed by atoms with Gasteiger partial charge in [0.05, 0.1) is 58.4 Å². The van der Waals surface area contributed by atoms with E-state index in [4.69, 9.17) is 28.4 Å². The molecular weight excluding hydrogens is 616 g/mol. The Balaban J connectivity index is 1.34. The van der Waals surface area contributed by atoms with Crippen molar-refractivity contribution in [2.24, 2.45) is 0 Å². The lowest BCUT2D eigenvalue weighted by Crippen LogP contribution is -2.46. The van der Waals surface area contributed by atoms with E-state index in [-0.39, 0.29) is 31.1 Å². The van der Waals surface area contributed by atoms with Gasteiger partial charge in [0, 0.05) is 58.7 Å². The van der Waals surface area contributed by atoms with Crippen molar-refractivity contribution >= 4 is 12.0 Å². The van der Waals surface area contributed by atoms with Crippen LogP contribution in [-0.2, 0) is 27.4 Å². The lowest BCUT2D eigenvalue weighted by molar-refractivity contribution is -0.0200. The second-order valence-corrected chi connectivity index (χ2v) is 11.8. The van der Waals surface area contributed by atoms with Crippen LogP contribution in [0.3, 0.4) is 0 Å². The van der Waals surface area contributed by atoms with Crippen molar-refractivity contribution in [2.45, 2.75) is 44.5 Å². The second kappa shape index (κ2) is 18.9. The molecule has 3 aromatic rings. The van der Waals surface area contributed by atoms with E-state index in [9.17, 15) is 14.7 Å². The van der Waals surface area contributed by atoms with E-state index in [2.05, 4.69) is 0 Å². The second-order valence-electron chi connectivity index (χ2n) is 11.8. The third kappa shape index (κ3) is 10.6. The molecule has 4 rings (SSSR count). The molecule has 3 aromatic carbocycles. The van der Waals surface area contributed by atoms with Gasteiger partial charge < -0.3 is 43.3 Å². The monoisotopic (exact) mass is 664 g/mol. The summed E-state index contributed by atoms with van der Waals surface area (Å²) < 4.78 is 34.6. The fraction of sp³-hybridized carbons (Fsp3) is 0.459. The first-order valence-corrected chi connectivity index (χ1v) is 16.3. The van der Waals surface area contributed by atoms with Crippen LogP contribution in [-0.4, -0.2) is 101 Å². The molecule has 0 bridgehead atoms. The molecule has 11 nitrogen and oxygen atoms in total. The van der Waals surface area contributed by atoms with Crippen LogP contribution >= 0.6 is 0 Å². The van der Waals surface area contributed by atoms with Gasteiger partial charge in [-0.2, -0.15) is 0 Å². The molecule has 1 aliphatic heterocycles. The summed E-state index contributed by atoms with van der Waals surface area (Å²) in [6, 6.07) is 21.2. The van der Waals surface area contributed by atoms with Gasteiger partial charge >= 0.3 is 6.09 Å². The highest BCUT2D eigenvalue weighted by atomic mass is 16.5. The number of nitrogens with zero attached hydrogens (tertiary/aromatic N) is 2. The highest BCUT2D eigenvalue weighted by molar-refractivity contribution is 5.96. The summed E-state index contributed by atoms with van der Waals surface area (Å²) in [6.07, 6.45) is 0.729. The van der Waals surface area contributed by atoms with Crippen LogP contribution < -0.4 is 14.2 Å². The molecule has 0 saturated carbocycles. The normalized spacial score (nSPS) is 16.0. The zero-order valence-corrected chi connectivity index (χ0v) is 28.4. The molecule has 48 heavy (non-hydrogen) atoms. The Morgan fingerprint density at radius 3 is 2.35 bits per heavy atom. The predicted octanol–water partition coefficient (Wildman–Crippen LogP) is 5.85. The minimum atomic E-state index is -0.962. The Hall–Kier alpha value is -4.32. The molecular formula is C37H48N2O9. The number of amides is 2. The van der Waals surface area contributed by atoms with Crippen LogP contribution in [0.15, 0.2) is 66.7 Å². The topological polar surface area (TPSA) is 116 Å². The average Bonchev–Trinajstić information content (AvgIpc) is 3.10. The highest BCUT2D eigenvalue weighted by Gasteiger charge is 2.33. The zero-order valence-electron chi connectivity index (χ0n) is 28.4. The van der Waals surface area contributed by atoms with E-state index < -0.39 is 6.09 Å². The van der Waals surface area contributed by atoms with Crippen LogP contribution in [0.25, 0.3) is 0 Å².